The van der Waals surface area contributed by atoms with Gasteiger partial charge in [-0.25, -0.2) is 24.0 Å². The first-order valence-corrected chi connectivity index (χ1v) is 8.22. The number of para-hydroxylation sites is 1. The highest BCUT2D eigenvalue weighted by atomic mass is 19.1. The van der Waals surface area contributed by atoms with Gasteiger partial charge in [0.2, 0.25) is 0 Å². The third-order valence-corrected chi connectivity index (χ3v) is 4.57. The van der Waals surface area contributed by atoms with Crippen LogP contribution in [0.25, 0.3) is 16.6 Å². The number of nitrogens with zero attached hydrogens (tertiary/aromatic N) is 6. The van der Waals surface area contributed by atoms with Crippen molar-refractivity contribution in [1.29, 1.82) is 0 Å². The summed E-state index contributed by atoms with van der Waals surface area (Å²) in [5, 5.41) is 4.82. The van der Waals surface area contributed by atoms with Crippen molar-refractivity contribution in [3.05, 3.63) is 72.8 Å². The van der Waals surface area contributed by atoms with E-state index in [0.717, 1.165) is 11.3 Å². The minimum Gasteiger partial charge on any atom is -0.352 e. The zero-order chi connectivity index (χ0) is 18.1. The summed E-state index contributed by atoms with van der Waals surface area (Å²) in [7, 11) is 1.95. The first-order valence-electron chi connectivity index (χ1n) is 8.22. The molecule has 0 saturated carbocycles. The zero-order valence-corrected chi connectivity index (χ0v) is 14.4. The minimum atomic E-state index is -0.343. The Morgan fingerprint density at radius 2 is 1.85 bits per heavy atom. The number of aromatic nitrogens is 5. The van der Waals surface area contributed by atoms with Crippen molar-refractivity contribution in [3.8, 4) is 5.69 Å². The predicted molar refractivity (Wildman–Crippen MR) is 97.7 cm³/mol. The molecule has 2 aromatic carbocycles. The quantitative estimate of drug-likeness (QED) is 0.564. The number of hydrogen-bond acceptors (Lipinski definition) is 5. The van der Waals surface area contributed by atoms with Crippen LogP contribution in [0, 0.1) is 5.82 Å². The van der Waals surface area contributed by atoms with Crippen LogP contribution in [0.5, 0.6) is 0 Å². The molecule has 0 radical (unpaired) electrons. The van der Waals surface area contributed by atoms with Gasteiger partial charge in [-0.05, 0) is 36.8 Å². The van der Waals surface area contributed by atoms with Crippen molar-refractivity contribution in [3.63, 3.8) is 0 Å². The van der Waals surface area contributed by atoms with E-state index in [1.165, 1.54) is 18.7 Å². The third-order valence-electron chi connectivity index (χ3n) is 4.57. The summed E-state index contributed by atoms with van der Waals surface area (Å²) in [5.41, 5.74) is 2.38. The second-order valence-electron chi connectivity index (χ2n) is 6.05. The first kappa shape index (κ1) is 16.1. The molecule has 0 N–H and O–H groups in total. The molecule has 2 heterocycles. The largest absolute Gasteiger partial charge is 0.352 e. The standard InChI is InChI=1S/C19H17FN6/c1-13(14-6-8-15(9-7-14)26-12-21-10-24-26)25(2)19-16-4-3-5-17(20)18(16)22-11-23-19/h3-13H,1-2H3. The van der Waals surface area contributed by atoms with E-state index >= 15 is 0 Å². The highest BCUT2D eigenvalue weighted by Crippen LogP contribution is 2.30. The highest BCUT2D eigenvalue weighted by molar-refractivity contribution is 5.89. The van der Waals surface area contributed by atoms with Crippen molar-refractivity contribution < 1.29 is 4.39 Å². The van der Waals surface area contributed by atoms with Gasteiger partial charge in [0.05, 0.1) is 11.7 Å². The topological polar surface area (TPSA) is 59.7 Å². The Labute approximate surface area is 150 Å². The van der Waals surface area contributed by atoms with Gasteiger partial charge in [-0.15, -0.1) is 0 Å². The van der Waals surface area contributed by atoms with Crippen LogP contribution in [0.1, 0.15) is 18.5 Å². The molecule has 4 rings (SSSR count). The molecule has 7 heteroatoms. The van der Waals surface area contributed by atoms with Gasteiger partial charge in [-0.1, -0.05) is 18.2 Å². The summed E-state index contributed by atoms with van der Waals surface area (Å²) < 4.78 is 15.7. The lowest BCUT2D eigenvalue weighted by atomic mass is 10.1. The molecular weight excluding hydrogens is 331 g/mol. The average Bonchev–Trinajstić information content (AvgIpc) is 3.22. The molecule has 130 valence electrons. The first-order chi connectivity index (χ1) is 12.6. The fourth-order valence-electron chi connectivity index (χ4n) is 2.97. The monoisotopic (exact) mass is 348 g/mol. The van der Waals surface area contributed by atoms with Gasteiger partial charge in [0.15, 0.2) is 0 Å². The Hall–Kier alpha value is -3.35. The number of hydrogen-bond donors (Lipinski definition) is 0. The molecule has 6 nitrogen and oxygen atoms in total. The van der Waals surface area contributed by atoms with Gasteiger partial charge in [0, 0.05) is 12.4 Å². The number of fused-ring (bicyclic) bond motifs is 1. The molecule has 0 spiro atoms. The van der Waals surface area contributed by atoms with E-state index in [4.69, 9.17) is 0 Å². The van der Waals surface area contributed by atoms with Crippen LogP contribution in [-0.2, 0) is 0 Å². The minimum absolute atomic E-state index is 0.0427. The van der Waals surface area contributed by atoms with Gasteiger partial charge in [-0.3, -0.25) is 0 Å². The Kier molecular flexibility index (Phi) is 4.04. The van der Waals surface area contributed by atoms with E-state index in [2.05, 4.69) is 27.0 Å². The molecule has 0 aliphatic carbocycles. The molecule has 0 saturated heterocycles. The molecule has 4 aromatic rings. The maximum atomic E-state index is 14.0. The number of rotatable bonds is 4. The van der Waals surface area contributed by atoms with Crippen molar-refractivity contribution in [1.82, 2.24) is 24.7 Å². The number of halogens is 1. The van der Waals surface area contributed by atoms with Gasteiger partial charge >= 0.3 is 0 Å². The summed E-state index contributed by atoms with van der Waals surface area (Å²) in [6.07, 6.45) is 4.56. The lowest BCUT2D eigenvalue weighted by Crippen LogP contribution is -2.23. The van der Waals surface area contributed by atoms with Crippen LogP contribution in [0.3, 0.4) is 0 Å². The molecule has 0 fully saturated rings. The molecule has 0 amide bonds. The van der Waals surface area contributed by atoms with Crippen molar-refractivity contribution in [2.75, 3.05) is 11.9 Å². The summed E-state index contributed by atoms with van der Waals surface area (Å²) in [6, 6.07) is 13.0. The maximum Gasteiger partial charge on any atom is 0.149 e. The van der Waals surface area contributed by atoms with Gasteiger partial charge in [-0.2, -0.15) is 5.10 Å². The fraction of sp³-hybridized carbons (Fsp3) is 0.158. The fourth-order valence-corrected chi connectivity index (χ4v) is 2.97. The summed E-state index contributed by atoms with van der Waals surface area (Å²) in [6.45, 7) is 2.08. The van der Waals surface area contributed by atoms with Crippen molar-refractivity contribution in [2.45, 2.75) is 13.0 Å². The molecule has 0 aliphatic rings. The molecule has 1 unspecified atom stereocenters. The highest BCUT2D eigenvalue weighted by Gasteiger charge is 2.17. The second kappa shape index (κ2) is 6.51. The van der Waals surface area contributed by atoms with Crippen LogP contribution in [0.4, 0.5) is 10.2 Å². The molecule has 26 heavy (non-hydrogen) atoms. The van der Waals surface area contributed by atoms with Gasteiger partial charge in [0.25, 0.3) is 0 Å². The normalized spacial score (nSPS) is 12.3. The van der Waals surface area contributed by atoms with Crippen LogP contribution in [-0.4, -0.2) is 31.8 Å². The van der Waals surface area contributed by atoms with Crippen LogP contribution in [0.2, 0.25) is 0 Å². The Morgan fingerprint density at radius 1 is 1.04 bits per heavy atom. The summed E-state index contributed by atoms with van der Waals surface area (Å²) in [5.74, 6) is 0.353. The van der Waals surface area contributed by atoms with Gasteiger partial charge in [0.1, 0.15) is 36.1 Å². The Bertz CT molecular complexity index is 1030. The zero-order valence-electron chi connectivity index (χ0n) is 14.4. The molecule has 0 bridgehead atoms. The predicted octanol–water partition coefficient (Wildman–Crippen LogP) is 3.55. The Morgan fingerprint density at radius 3 is 2.58 bits per heavy atom. The van der Waals surface area contributed by atoms with Crippen molar-refractivity contribution in [2.24, 2.45) is 0 Å². The summed E-state index contributed by atoms with van der Waals surface area (Å²) in [4.78, 5) is 14.4. The number of benzene rings is 2. The third kappa shape index (κ3) is 2.77. The maximum absolute atomic E-state index is 14.0. The van der Waals surface area contributed by atoms with E-state index in [1.54, 1.807) is 17.1 Å². The van der Waals surface area contributed by atoms with Crippen LogP contribution in [0.15, 0.2) is 61.4 Å². The van der Waals surface area contributed by atoms with E-state index < -0.39 is 0 Å². The smallest absolute Gasteiger partial charge is 0.149 e. The van der Waals surface area contributed by atoms with Gasteiger partial charge < -0.3 is 4.90 Å². The summed E-state index contributed by atoms with van der Waals surface area (Å²) >= 11 is 0. The second-order valence-corrected chi connectivity index (χ2v) is 6.05. The van der Waals surface area contributed by atoms with E-state index in [-0.39, 0.29) is 11.9 Å². The van der Waals surface area contributed by atoms with E-state index in [1.807, 2.05) is 42.3 Å². The van der Waals surface area contributed by atoms with E-state index in [9.17, 15) is 4.39 Å². The molecule has 1 atom stereocenters. The van der Waals surface area contributed by atoms with Crippen LogP contribution < -0.4 is 4.90 Å². The lowest BCUT2D eigenvalue weighted by molar-refractivity contribution is 0.636. The SMILES string of the molecule is CC(c1ccc(-n2cncn2)cc1)N(C)c1ncnc2c(F)cccc12. The lowest BCUT2D eigenvalue weighted by Gasteiger charge is -2.27. The van der Waals surface area contributed by atoms with E-state index in [0.29, 0.717) is 16.7 Å². The van der Waals surface area contributed by atoms with Crippen LogP contribution >= 0.6 is 0 Å². The Balaban J connectivity index is 1.66. The van der Waals surface area contributed by atoms with Crippen molar-refractivity contribution >= 4 is 16.7 Å². The molecule has 2 aromatic heterocycles. The number of anilines is 1. The molecular formula is C19H17FN6. The average molecular weight is 348 g/mol. The molecule has 0 aliphatic heterocycles.